The number of benzene rings is 1. The van der Waals surface area contributed by atoms with E-state index in [1.165, 1.54) is 11.8 Å². The highest BCUT2D eigenvalue weighted by molar-refractivity contribution is 8.18. The van der Waals surface area contributed by atoms with Crippen LogP contribution in [0.5, 0.6) is 0 Å². The number of rotatable bonds is 0. The van der Waals surface area contributed by atoms with Crippen molar-refractivity contribution >= 4 is 63.5 Å². The van der Waals surface area contributed by atoms with Gasteiger partial charge in [0, 0.05) is 25.1 Å². The minimum Gasteiger partial charge on any atom is -0.481 e. The average molecular weight is 386 g/mol. The molecule has 0 fully saturated rings. The Morgan fingerprint density at radius 1 is 1.29 bits per heavy atom. The molecular formula is C14H13Cl2N5O2S. The highest BCUT2D eigenvalue weighted by Crippen LogP contribution is 2.38. The smallest absolute Gasteiger partial charge is 0.300 e. The van der Waals surface area contributed by atoms with Crippen LogP contribution < -0.4 is 10.6 Å². The molecule has 0 atom stereocenters. The predicted octanol–water partition coefficient (Wildman–Crippen LogP) is 2.98. The van der Waals surface area contributed by atoms with E-state index in [0.29, 0.717) is 31.4 Å². The summed E-state index contributed by atoms with van der Waals surface area (Å²) < 4.78 is 0. The highest BCUT2D eigenvalue weighted by Gasteiger charge is 2.30. The second-order valence-corrected chi connectivity index (χ2v) is 6.47. The van der Waals surface area contributed by atoms with E-state index < -0.39 is 5.97 Å². The lowest BCUT2D eigenvalue weighted by molar-refractivity contribution is -0.134. The fourth-order valence-corrected chi connectivity index (χ4v) is 3.16. The first-order chi connectivity index (χ1) is 11.2. The minimum atomic E-state index is -0.833. The van der Waals surface area contributed by atoms with Gasteiger partial charge in [-0.15, -0.1) is 0 Å². The first-order valence-corrected chi connectivity index (χ1v) is 8.14. The second-order valence-electron chi connectivity index (χ2n) is 4.65. The molecule has 2 aliphatic rings. The molecule has 0 saturated heterocycles. The Labute approximate surface area is 152 Å². The Balaban J connectivity index is 0.000000471. The molecule has 0 unspecified atom stereocenters. The first-order valence-electron chi connectivity index (χ1n) is 6.57. The Morgan fingerprint density at radius 3 is 2.33 bits per heavy atom. The maximum absolute atomic E-state index is 9.00. The number of aliphatic imine (C=N–C) groups is 1. The van der Waals surface area contributed by atoms with Crippen LogP contribution in [0.25, 0.3) is 5.70 Å². The van der Waals surface area contributed by atoms with Gasteiger partial charge in [-0.05, 0) is 23.9 Å². The second kappa shape index (κ2) is 7.25. The molecule has 126 valence electrons. The normalized spacial score (nSPS) is 18.4. The fraction of sp³-hybridized carbons (Fsp3) is 0.143. The van der Waals surface area contributed by atoms with E-state index in [0.717, 1.165) is 12.5 Å². The van der Waals surface area contributed by atoms with E-state index in [4.69, 9.17) is 43.9 Å². The van der Waals surface area contributed by atoms with Crippen molar-refractivity contribution < 1.29 is 9.90 Å². The maximum Gasteiger partial charge on any atom is 0.300 e. The van der Waals surface area contributed by atoms with Crippen molar-refractivity contribution in [1.29, 1.82) is 10.8 Å². The van der Waals surface area contributed by atoms with Gasteiger partial charge in [-0.3, -0.25) is 15.6 Å². The van der Waals surface area contributed by atoms with Crippen molar-refractivity contribution in [2.24, 2.45) is 4.99 Å². The molecule has 0 bridgehead atoms. The summed E-state index contributed by atoms with van der Waals surface area (Å²) in [6.45, 7) is 1.08. The third-order valence-electron chi connectivity index (χ3n) is 2.92. The number of nitrogens with one attached hydrogen (secondary N) is 4. The molecule has 0 aromatic heterocycles. The number of carboxylic acid groups (broad SMARTS) is 1. The Hall–Kier alpha value is -2.03. The first kappa shape index (κ1) is 18.3. The molecular weight excluding hydrogens is 373 g/mol. The van der Waals surface area contributed by atoms with E-state index in [1.54, 1.807) is 19.2 Å². The highest BCUT2D eigenvalue weighted by atomic mass is 35.5. The van der Waals surface area contributed by atoms with Gasteiger partial charge in [0.05, 0.1) is 20.6 Å². The molecule has 0 amide bonds. The summed E-state index contributed by atoms with van der Waals surface area (Å²) in [4.78, 5) is 13.8. The molecule has 10 heteroatoms. The van der Waals surface area contributed by atoms with Crippen LogP contribution in [0.1, 0.15) is 18.1 Å². The van der Waals surface area contributed by atoms with Crippen LogP contribution in [-0.2, 0) is 4.79 Å². The predicted molar refractivity (Wildman–Crippen MR) is 98.5 cm³/mol. The number of carbonyl (C=O) groups is 1. The molecule has 0 spiro atoms. The fourth-order valence-electron chi connectivity index (χ4n) is 2.00. The molecule has 5 N–H and O–H groups in total. The number of amidine groups is 3. The number of hydrogen-bond acceptors (Lipinski definition) is 5. The van der Waals surface area contributed by atoms with Crippen molar-refractivity contribution in [3.8, 4) is 0 Å². The van der Waals surface area contributed by atoms with Crippen LogP contribution in [0.15, 0.2) is 22.0 Å². The third-order valence-corrected chi connectivity index (χ3v) is 4.73. The van der Waals surface area contributed by atoms with Crippen LogP contribution >= 0.6 is 35.0 Å². The summed E-state index contributed by atoms with van der Waals surface area (Å²) >= 11 is 13.4. The molecule has 24 heavy (non-hydrogen) atoms. The Morgan fingerprint density at radius 2 is 1.83 bits per heavy atom. The third kappa shape index (κ3) is 3.72. The summed E-state index contributed by atoms with van der Waals surface area (Å²) in [5, 5.41) is 30.7. The largest absolute Gasteiger partial charge is 0.481 e. The number of fused-ring (bicyclic) bond motifs is 1. The molecule has 3 rings (SSSR count). The van der Waals surface area contributed by atoms with Gasteiger partial charge in [-0.1, -0.05) is 23.2 Å². The summed E-state index contributed by atoms with van der Waals surface area (Å²) in [5.41, 5.74) is 2.12. The molecule has 7 nitrogen and oxygen atoms in total. The van der Waals surface area contributed by atoms with Gasteiger partial charge in [-0.2, -0.15) is 0 Å². The molecule has 0 saturated carbocycles. The lowest BCUT2D eigenvalue weighted by atomic mass is 10.1. The molecule has 0 radical (unpaired) electrons. The van der Waals surface area contributed by atoms with Crippen molar-refractivity contribution in [3.05, 3.63) is 38.2 Å². The lowest BCUT2D eigenvalue weighted by Crippen LogP contribution is -2.14. The maximum atomic E-state index is 9.00. The Bertz CT molecular complexity index is 816. The number of aliphatic carboxylic acids is 1. The monoisotopic (exact) mass is 385 g/mol. The van der Waals surface area contributed by atoms with Gasteiger partial charge in [0.1, 0.15) is 5.84 Å². The van der Waals surface area contributed by atoms with Crippen LogP contribution in [0.2, 0.25) is 10.0 Å². The Kier molecular flexibility index (Phi) is 5.53. The lowest BCUT2D eigenvalue weighted by Gasteiger charge is -2.05. The van der Waals surface area contributed by atoms with Crippen molar-refractivity contribution in [1.82, 2.24) is 10.6 Å². The summed E-state index contributed by atoms with van der Waals surface area (Å²) in [5.74, 6) is -0.430. The number of nitrogens with zero attached hydrogens (tertiary/aromatic N) is 1. The number of halogens is 2. The van der Waals surface area contributed by atoms with Gasteiger partial charge in [0.25, 0.3) is 5.97 Å². The van der Waals surface area contributed by atoms with Gasteiger partial charge in [0.15, 0.2) is 11.0 Å². The van der Waals surface area contributed by atoms with E-state index in [1.807, 2.05) is 0 Å². The topological polar surface area (TPSA) is 121 Å². The number of carboxylic acids is 1. The standard InChI is InChI=1S/C12H9Cl2N5S.C2H4O2/c1-17-12-19-11(16)9(20-12)8-4-2-6(13)7(14)3-5(4)10(15)18-8;1-2(3)4/h2-3H,1H3,(H2,15,18)(H2,16,17,19);1H3,(H,3,4)/b9-8+;. The zero-order valence-corrected chi connectivity index (χ0v) is 14.9. The molecule has 0 aliphatic carbocycles. The molecule has 1 aromatic rings. The molecule has 2 aliphatic heterocycles. The number of hydrogen-bond donors (Lipinski definition) is 5. The van der Waals surface area contributed by atoms with Crippen molar-refractivity contribution in [3.63, 3.8) is 0 Å². The molecule has 1 aromatic carbocycles. The van der Waals surface area contributed by atoms with Crippen LogP contribution in [-0.4, -0.2) is 35.0 Å². The van der Waals surface area contributed by atoms with Crippen LogP contribution in [0.4, 0.5) is 0 Å². The van der Waals surface area contributed by atoms with Gasteiger partial charge in [0.2, 0.25) is 0 Å². The van der Waals surface area contributed by atoms with Gasteiger partial charge in [-0.25, -0.2) is 4.99 Å². The van der Waals surface area contributed by atoms with Crippen LogP contribution in [0.3, 0.4) is 0 Å². The van der Waals surface area contributed by atoms with Gasteiger partial charge < -0.3 is 15.7 Å². The minimum absolute atomic E-state index is 0.161. The quantitative estimate of drug-likeness (QED) is 0.469. The average Bonchev–Trinajstić information content (AvgIpc) is 3.00. The van der Waals surface area contributed by atoms with E-state index in [-0.39, 0.29) is 11.7 Å². The SMILES string of the molecule is CC(=O)O.CNC1=NC(=N)/C(=C2\NC(=N)c3cc(Cl)c(Cl)cc32)S1. The summed E-state index contributed by atoms with van der Waals surface area (Å²) in [6.07, 6.45) is 0. The number of thioether (sulfide) groups is 1. The zero-order chi connectivity index (χ0) is 18.0. The zero-order valence-electron chi connectivity index (χ0n) is 12.6. The molecule has 2 heterocycles. The van der Waals surface area contributed by atoms with E-state index in [9.17, 15) is 0 Å². The van der Waals surface area contributed by atoms with Crippen molar-refractivity contribution in [2.45, 2.75) is 6.92 Å². The van der Waals surface area contributed by atoms with Crippen LogP contribution in [0, 0.1) is 10.8 Å². The van der Waals surface area contributed by atoms with Crippen molar-refractivity contribution in [2.75, 3.05) is 7.05 Å². The van der Waals surface area contributed by atoms with E-state index >= 15 is 0 Å². The summed E-state index contributed by atoms with van der Waals surface area (Å²) in [6, 6.07) is 3.37. The summed E-state index contributed by atoms with van der Waals surface area (Å²) in [7, 11) is 1.75. The van der Waals surface area contributed by atoms with E-state index in [2.05, 4.69) is 15.6 Å². The van der Waals surface area contributed by atoms with Gasteiger partial charge >= 0.3 is 0 Å².